The second-order valence-corrected chi connectivity index (χ2v) is 8.35. The molecule has 27 heavy (non-hydrogen) atoms. The smallest absolute Gasteiger partial charge is 0.374 e. The molecule has 1 aliphatic heterocycles. The SMILES string of the molecule is CCOC(=O)c1oc2ccc(S(=O)(=O)NC3CNCCC3C)cc2c1C.Cl. The van der Waals surface area contributed by atoms with E-state index in [9.17, 15) is 13.2 Å². The fraction of sp³-hybridized carbons (Fsp3) is 0.500. The van der Waals surface area contributed by atoms with Gasteiger partial charge in [0.25, 0.3) is 0 Å². The van der Waals surface area contributed by atoms with Crippen molar-refractivity contribution in [2.24, 2.45) is 5.92 Å². The van der Waals surface area contributed by atoms with Crippen molar-refractivity contribution in [2.75, 3.05) is 19.7 Å². The van der Waals surface area contributed by atoms with E-state index in [1.807, 2.05) is 6.92 Å². The molecule has 0 amide bonds. The second-order valence-electron chi connectivity index (χ2n) is 6.63. The average Bonchev–Trinajstić information content (AvgIpc) is 2.93. The first-order valence-corrected chi connectivity index (χ1v) is 10.2. The van der Waals surface area contributed by atoms with E-state index in [2.05, 4.69) is 10.0 Å². The van der Waals surface area contributed by atoms with Crippen LogP contribution in [0.25, 0.3) is 11.0 Å². The fourth-order valence-electron chi connectivity index (χ4n) is 3.17. The van der Waals surface area contributed by atoms with E-state index < -0.39 is 16.0 Å². The number of halogens is 1. The molecule has 1 aromatic carbocycles. The van der Waals surface area contributed by atoms with E-state index in [0.717, 1.165) is 13.0 Å². The third-order valence-electron chi connectivity index (χ3n) is 4.81. The molecular formula is C18H25ClN2O5S. The molecule has 1 aliphatic rings. The minimum Gasteiger partial charge on any atom is -0.460 e. The van der Waals surface area contributed by atoms with Gasteiger partial charge >= 0.3 is 5.97 Å². The molecule has 3 rings (SSSR count). The number of furan rings is 1. The van der Waals surface area contributed by atoms with Crippen LogP contribution in [0, 0.1) is 12.8 Å². The predicted octanol–water partition coefficient (Wildman–Crippen LogP) is 2.62. The van der Waals surface area contributed by atoms with E-state index in [1.54, 1.807) is 26.0 Å². The molecule has 1 fully saturated rings. The van der Waals surface area contributed by atoms with Crippen molar-refractivity contribution in [3.8, 4) is 0 Å². The summed E-state index contributed by atoms with van der Waals surface area (Å²) in [7, 11) is -3.67. The van der Waals surface area contributed by atoms with Crippen LogP contribution in [0.15, 0.2) is 27.5 Å². The molecule has 2 heterocycles. The summed E-state index contributed by atoms with van der Waals surface area (Å²) in [4.78, 5) is 12.1. The van der Waals surface area contributed by atoms with Gasteiger partial charge in [0.15, 0.2) is 0 Å². The van der Waals surface area contributed by atoms with Gasteiger partial charge in [0.1, 0.15) is 5.58 Å². The summed E-state index contributed by atoms with van der Waals surface area (Å²) in [5.74, 6) is -0.180. The molecule has 0 aliphatic carbocycles. The van der Waals surface area contributed by atoms with Crippen molar-refractivity contribution in [1.82, 2.24) is 10.0 Å². The Bertz CT molecular complexity index is 925. The molecule has 2 N–H and O–H groups in total. The van der Waals surface area contributed by atoms with Gasteiger partial charge in [0.2, 0.25) is 15.8 Å². The molecule has 0 spiro atoms. The molecule has 9 heteroatoms. The number of sulfonamides is 1. The lowest BCUT2D eigenvalue weighted by Gasteiger charge is -2.29. The van der Waals surface area contributed by atoms with Crippen LogP contribution in [0.2, 0.25) is 0 Å². The molecule has 0 radical (unpaired) electrons. The number of piperidine rings is 1. The Labute approximate surface area is 165 Å². The van der Waals surface area contributed by atoms with Crippen LogP contribution in [0.5, 0.6) is 0 Å². The monoisotopic (exact) mass is 416 g/mol. The summed E-state index contributed by atoms with van der Waals surface area (Å²) in [6, 6.07) is 4.45. The maximum atomic E-state index is 12.8. The number of esters is 1. The molecule has 150 valence electrons. The molecule has 2 unspecified atom stereocenters. The van der Waals surface area contributed by atoms with Crippen molar-refractivity contribution in [1.29, 1.82) is 0 Å². The summed E-state index contributed by atoms with van der Waals surface area (Å²) in [5.41, 5.74) is 1.03. The van der Waals surface area contributed by atoms with Gasteiger partial charge in [-0.3, -0.25) is 0 Å². The number of carbonyl (C=O) groups is 1. The van der Waals surface area contributed by atoms with Gasteiger partial charge in [0, 0.05) is 23.5 Å². The van der Waals surface area contributed by atoms with Crippen LogP contribution in [0.3, 0.4) is 0 Å². The highest BCUT2D eigenvalue weighted by Gasteiger charge is 2.27. The molecule has 1 saturated heterocycles. The van der Waals surface area contributed by atoms with E-state index in [4.69, 9.17) is 9.15 Å². The Balaban J connectivity index is 0.00000261. The van der Waals surface area contributed by atoms with Crippen LogP contribution in [-0.2, 0) is 14.8 Å². The topological polar surface area (TPSA) is 97.6 Å². The highest BCUT2D eigenvalue weighted by atomic mass is 35.5. The van der Waals surface area contributed by atoms with Crippen LogP contribution >= 0.6 is 12.4 Å². The molecule has 2 aromatic rings. The largest absolute Gasteiger partial charge is 0.460 e. The van der Waals surface area contributed by atoms with Crippen LogP contribution in [-0.4, -0.2) is 40.1 Å². The van der Waals surface area contributed by atoms with Crippen molar-refractivity contribution in [2.45, 2.75) is 38.1 Å². The Kier molecular flexibility index (Phi) is 6.91. The number of ether oxygens (including phenoxy) is 1. The van der Waals surface area contributed by atoms with Gasteiger partial charge in [-0.05, 0) is 50.9 Å². The lowest BCUT2D eigenvalue weighted by molar-refractivity contribution is 0.0491. The maximum Gasteiger partial charge on any atom is 0.374 e. The highest BCUT2D eigenvalue weighted by Crippen LogP contribution is 2.28. The molecule has 0 saturated carbocycles. The summed E-state index contributed by atoms with van der Waals surface area (Å²) in [5, 5.41) is 3.80. The summed E-state index contributed by atoms with van der Waals surface area (Å²) < 4.78 is 38.9. The summed E-state index contributed by atoms with van der Waals surface area (Å²) >= 11 is 0. The molecule has 0 bridgehead atoms. The van der Waals surface area contributed by atoms with Crippen LogP contribution in [0.4, 0.5) is 0 Å². The maximum absolute atomic E-state index is 12.8. The number of hydrogen-bond acceptors (Lipinski definition) is 6. The summed E-state index contributed by atoms with van der Waals surface area (Å²) in [6.07, 6.45) is 0.927. The molecule has 7 nitrogen and oxygen atoms in total. The number of benzene rings is 1. The highest BCUT2D eigenvalue weighted by molar-refractivity contribution is 7.89. The molecular weight excluding hydrogens is 392 g/mol. The third-order valence-corrected chi connectivity index (χ3v) is 6.30. The first-order valence-electron chi connectivity index (χ1n) is 8.76. The van der Waals surface area contributed by atoms with Gasteiger partial charge in [-0.15, -0.1) is 12.4 Å². The zero-order valence-corrected chi connectivity index (χ0v) is 17.2. The van der Waals surface area contributed by atoms with Gasteiger partial charge < -0.3 is 14.5 Å². The number of carbonyl (C=O) groups excluding carboxylic acids is 1. The first kappa shape index (κ1) is 21.7. The Morgan fingerprint density at radius 3 is 2.81 bits per heavy atom. The van der Waals surface area contributed by atoms with Gasteiger partial charge in [-0.25, -0.2) is 17.9 Å². The van der Waals surface area contributed by atoms with Gasteiger partial charge in [-0.1, -0.05) is 6.92 Å². The van der Waals surface area contributed by atoms with Crippen LogP contribution < -0.4 is 10.0 Å². The van der Waals surface area contributed by atoms with Gasteiger partial charge in [-0.2, -0.15) is 0 Å². The number of aryl methyl sites for hydroxylation is 1. The average molecular weight is 417 g/mol. The lowest BCUT2D eigenvalue weighted by atomic mass is 9.96. The molecule has 1 aromatic heterocycles. The third kappa shape index (κ3) is 4.45. The minimum atomic E-state index is -3.67. The van der Waals surface area contributed by atoms with E-state index >= 15 is 0 Å². The first-order chi connectivity index (χ1) is 12.3. The Hall–Kier alpha value is -1.61. The number of hydrogen-bond donors (Lipinski definition) is 2. The predicted molar refractivity (Wildman–Crippen MR) is 105 cm³/mol. The second kappa shape index (κ2) is 8.60. The number of nitrogens with one attached hydrogen (secondary N) is 2. The van der Waals surface area contributed by atoms with Crippen molar-refractivity contribution in [3.05, 3.63) is 29.5 Å². The van der Waals surface area contributed by atoms with Crippen molar-refractivity contribution < 1.29 is 22.4 Å². The number of fused-ring (bicyclic) bond motifs is 1. The standard InChI is InChI=1S/C18H24N2O5S.ClH/c1-4-24-18(21)17-12(3)14-9-13(5-6-16(14)25-17)26(22,23)20-15-10-19-8-7-11(15)2;/h5-6,9,11,15,19-20H,4,7-8,10H2,1-3H3;1H. The summed E-state index contributed by atoms with van der Waals surface area (Å²) in [6.45, 7) is 7.23. The van der Waals surface area contributed by atoms with Crippen molar-refractivity contribution >= 4 is 39.4 Å². The van der Waals surface area contributed by atoms with Crippen LogP contribution in [0.1, 0.15) is 36.4 Å². The Morgan fingerprint density at radius 1 is 1.41 bits per heavy atom. The quantitative estimate of drug-likeness (QED) is 0.727. The Morgan fingerprint density at radius 2 is 2.15 bits per heavy atom. The van der Waals surface area contributed by atoms with E-state index in [-0.39, 0.29) is 41.6 Å². The van der Waals surface area contributed by atoms with E-state index in [0.29, 0.717) is 23.1 Å². The zero-order chi connectivity index (χ0) is 18.9. The minimum absolute atomic E-state index is 0. The van der Waals surface area contributed by atoms with Gasteiger partial charge in [0.05, 0.1) is 11.5 Å². The zero-order valence-electron chi connectivity index (χ0n) is 15.6. The van der Waals surface area contributed by atoms with Crippen molar-refractivity contribution in [3.63, 3.8) is 0 Å². The fourth-order valence-corrected chi connectivity index (χ4v) is 4.54. The lowest BCUT2D eigenvalue weighted by Crippen LogP contribution is -2.50. The number of rotatable bonds is 5. The normalized spacial score (nSPS) is 20.3. The molecule has 2 atom stereocenters. The van der Waals surface area contributed by atoms with E-state index in [1.165, 1.54) is 6.07 Å².